The number of anilines is 1. The van der Waals surface area contributed by atoms with Crippen LogP contribution in [0.4, 0.5) is 10.1 Å². The number of aryl methyl sites for hydroxylation is 1. The van der Waals surface area contributed by atoms with Crippen molar-refractivity contribution in [2.75, 3.05) is 11.9 Å². The van der Waals surface area contributed by atoms with Crippen LogP contribution in [0.5, 0.6) is 0 Å². The van der Waals surface area contributed by atoms with E-state index in [0.717, 1.165) is 11.6 Å². The minimum Gasteiger partial charge on any atom is -0.384 e. The SMILES string of the molecule is Cc1nnc(CCNc2ccc(F)cc2C#N)n1C. The molecule has 6 heteroatoms. The summed E-state index contributed by atoms with van der Waals surface area (Å²) in [5, 5.41) is 20.1. The van der Waals surface area contributed by atoms with Gasteiger partial charge in [-0.2, -0.15) is 5.26 Å². The number of nitrogens with zero attached hydrogens (tertiary/aromatic N) is 4. The number of nitrogens with one attached hydrogen (secondary N) is 1. The molecule has 2 aromatic rings. The first-order valence-corrected chi connectivity index (χ1v) is 5.90. The summed E-state index contributed by atoms with van der Waals surface area (Å²) in [5.74, 6) is 1.31. The predicted molar refractivity (Wildman–Crippen MR) is 69.0 cm³/mol. The molecule has 0 aliphatic carbocycles. The quantitative estimate of drug-likeness (QED) is 0.909. The zero-order valence-corrected chi connectivity index (χ0v) is 10.8. The Balaban J connectivity index is 2.00. The van der Waals surface area contributed by atoms with Crippen molar-refractivity contribution < 1.29 is 4.39 Å². The summed E-state index contributed by atoms with van der Waals surface area (Å²) in [7, 11) is 1.91. The Hall–Kier alpha value is -2.42. The number of aromatic nitrogens is 3. The minimum absolute atomic E-state index is 0.300. The standard InChI is InChI=1S/C13H14FN5/c1-9-17-18-13(19(9)2)5-6-16-12-4-3-11(14)7-10(12)8-15/h3-4,7,16H,5-6H2,1-2H3. The molecule has 0 saturated carbocycles. The van der Waals surface area contributed by atoms with Gasteiger partial charge in [-0.15, -0.1) is 10.2 Å². The zero-order chi connectivity index (χ0) is 13.8. The Labute approximate surface area is 110 Å². The van der Waals surface area contributed by atoms with Gasteiger partial charge in [0.1, 0.15) is 23.5 Å². The number of nitriles is 1. The van der Waals surface area contributed by atoms with E-state index in [4.69, 9.17) is 5.26 Å². The van der Waals surface area contributed by atoms with Gasteiger partial charge >= 0.3 is 0 Å². The van der Waals surface area contributed by atoms with Crippen LogP contribution in [0.2, 0.25) is 0 Å². The van der Waals surface area contributed by atoms with Crippen LogP contribution in [0, 0.1) is 24.1 Å². The number of hydrogen-bond acceptors (Lipinski definition) is 4. The molecular formula is C13H14FN5. The lowest BCUT2D eigenvalue weighted by Gasteiger charge is -2.08. The Morgan fingerprint density at radius 2 is 2.21 bits per heavy atom. The molecule has 0 spiro atoms. The maximum Gasteiger partial charge on any atom is 0.134 e. The molecule has 0 bridgehead atoms. The van der Waals surface area contributed by atoms with Crippen molar-refractivity contribution in [1.29, 1.82) is 5.26 Å². The van der Waals surface area contributed by atoms with Gasteiger partial charge in [0.15, 0.2) is 0 Å². The molecule has 1 N–H and O–H groups in total. The largest absolute Gasteiger partial charge is 0.384 e. The Morgan fingerprint density at radius 3 is 2.84 bits per heavy atom. The van der Waals surface area contributed by atoms with Crippen molar-refractivity contribution in [2.45, 2.75) is 13.3 Å². The van der Waals surface area contributed by atoms with Gasteiger partial charge in [0, 0.05) is 20.0 Å². The molecule has 0 atom stereocenters. The van der Waals surface area contributed by atoms with E-state index in [0.29, 0.717) is 24.2 Å². The second kappa shape index (κ2) is 5.48. The van der Waals surface area contributed by atoms with Gasteiger partial charge in [0.2, 0.25) is 0 Å². The van der Waals surface area contributed by atoms with Crippen molar-refractivity contribution in [3.05, 3.63) is 41.2 Å². The van der Waals surface area contributed by atoms with E-state index < -0.39 is 5.82 Å². The molecule has 1 aromatic carbocycles. The van der Waals surface area contributed by atoms with Gasteiger partial charge in [0.25, 0.3) is 0 Å². The fraction of sp³-hybridized carbons (Fsp3) is 0.308. The van der Waals surface area contributed by atoms with Gasteiger partial charge in [-0.3, -0.25) is 0 Å². The van der Waals surface area contributed by atoms with E-state index in [9.17, 15) is 4.39 Å². The van der Waals surface area contributed by atoms with E-state index >= 15 is 0 Å². The molecule has 19 heavy (non-hydrogen) atoms. The van der Waals surface area contributed by atoms with Crippen molar-refractivity contribution in [2.24, 2.45) is 7.05 Å². The Morgan fingerprint density at radius 1 is 1.42 bits per heavy atom. The van der Waals surface area contributed by atoms with Crippen LogP contribution in [0.3, 0.4) is 0 Å². The summed E-state index contributed by atoms with van der Waals surface area (Å²) in [5.41, 5.74) is 0.928. The van der Waals surface area contributed by atoms with Crippen LogP contribution < -0.4 is 5.32 Å². The minimum atomic E-state index is -0.411. The summed E-state index contributed by atoms with van der Waals surface area (Å²) < 4.78 is 14.9. The lowest BCUT2D eigenvalue weighted by atomic mass is 10.2. The summed E-state index contributed by atoms with van der Waals surface area (Å²) in [6.07, 6.45) is 0.680. The smallest absolute Gasteiger partial charge is 0.134 e. The van der Waals surface area contributed by atoms with Crippen LogP contribution in [-0.2, 0) is 13.5 Å². The third-order valence-corrected chi connectivity index (χ3v) is 2.95. The first-order valence-electron chi connectivity index (χ1n) is 5.90. The van der Waals surface area contributed by atoms with E-state index in [-0.39, 0.29) is 0 Å². The predicted octanol–water partition coefficient (Wildman–Crippen LogP) is 1.79. The van der Waals surface area contributed by atoms with Crippen LogP contribution in [0.1, 0.15) is 17.2 Å². The number of hydrogen-bond donors (Lipinski definition) is 1. The maximum atomic E-state index is 13.0. The fourth-order valence-corrected chi connectivity index (χ4v) is 1.74. The van der Waals surface area contributed by atoms with Gasteiger partial charge in [-0.25, -0.2) is 4.39 Å². The summed E-state index contributed by atoms with van der Waals surface area (Å²) >= 11 is 0. The summed E-state index contributed by atoms with van der Waals surface area (Å²) in [6.45, 7) is 2.49. The molecule has 2 rings (SSSR count). The first-order chi connectivity index (χ1) is 9.11. The van der Waals surface area contributed by atoms with Crippen molar-refractivity contribution >= 4 is 5.69 Å². The Kier molecular flexibility index (Phi) is 3.76. The van der Waals surface area contributed by atoms with Crippen molar-refractivity contribution in [3.8, 4) is 6.07 Å². The molecule has 0 unspecified atom stereocenters. The zero-order valence-electron chi connectivity index (χ0n) is 10.8. The summed E-state index contributed by atoms with van der Waals surface area (Å²) in [6, 6.07) is 6.08. The second-order valence-corrected chi connectivity index (χ2v) is 4.20. The highest BCUT2D eigenvalue weighted by molar-refractivity contribution is 5.57. The van der Waals surface area contributed by atoms with Gasteiger partial charge in [-0.05, 0) is 25.1 Å². The molecule has 0 aliphatic rings. The highest BCUT2D eigenvalue weighted by Crippen LogP contribution is 2.15. The van der Waals surface area contributed by atoms with Crippen molar-refractivity contribution in [1.82, 2.24) is 14.8 Å². The fourth-order valence-electron chi connectivity index (χ4n) is 1.74. The molecule has 5 nitrogen and oxygen atoms in total. The van der Waals surface area contributed by atoms with E-state index in [1.165, 1.54) is 12.1 Å². The monoisotopic (exact) mass is 259 g/mol. The van der Waals surface area contributed by atoms with Crippen LogP contribution >= 0.6 is 0 Å². The number of benzene rings is 1. The van der Waals surface area contributed by atoms with Crippen molar-refractivity contribution in [3.63, 3.8) is 0 Å². The molecule has 0 fully saturated rings. The summed E-state index contributed by atoms with van der Waals surface area (Å²) in [4.78, 5) is 0. The lowest BCUT2D eigenvalue weighted by molar-refractivity contribution is 0.627. The van der Waals surface area contributed by atoms with Crippen LogP contribution in [0.25, 0.3) is 0 Å². The van der Waals surface area contributed by atoms with E-state index in [1.54, 1.807) is 6.07 Å². The third-order valence-electron chi connectivity index (χ3n) is 2.95. The topological polar surface area (TPSA) is 66.5 Å². The number of rotatable bonds is 4. The first kappa shape index (κ1) is 13.0. The highest BCUT2D eigenvalue weighted by Gasteiger charge is 2.06. The van der Waals surface area contributed by atoms with E-state index in [1.807, 2.05) is 24.6 Å². The molecule has 0 saturated heterocycles. The normalized spacial score (nSPS) is 10.2. The molecule has 0 aliphatic heterocycles. The second-order valence-electron chi connectivity index (χ2n) is 4.20. The molecule has 1 aromatic heterocycles. The highest BCUT2D eigenvalue weighted by atomic mass is 19.1. The van der Waals surface area contributed by atoms with Gasteiger partial charge < -0.3 is 9.88 Å². The number of halogens is 1. The average Bonchev–Trinajstić information content (AvgIpc) is 2.72. The maximum absolute atomic E-state index is 13.0. The Bertz CT molecular complexity index is 626. The molecule has 0 radical (unpaired) electrons. The molecule has 1 heterocycles. The van der Waals surface area contributed by atoms with E-state index in [2.05, 4.69) is 15.5 Å². The molecular weight excluding hydrogens is 245 g/mol. The van der Waals surface area contributed by atoms with Crippen LogP contribution in [0.15, 0.2) is 18.2 Å². The van der Waals surface area contributed by atoms with Gasteiger partial charge in [0.05, 0.1) is 11.3 Å². The molecule has 0 amide bonds. The third kappa shape index (κ3) is 2.88. The molecule has 98 valence electrons. The van der Waals surface area contributed by atoms with Gasteiger partial charge in [-0.1, -0.05) is 0 Å². The van der Waals surface area contributed by atoms with Crippen LogP contribution in [-0.4, -0.2) is 21.3 Å². The lowest BCUT2D eigenvalue weighted by Crippen LogP contribution is -2.10. The average molecular weight is 259 g/mol.